The van der Waals surface area contributed by atoms with E-state index >= 15 is 0 Å². The number of fused-ring (bicyclic) bond motifs is 1. The summed E-state index contributed by atoms with van der Waals surface area (Å²) in [5, 5.41) is 7.63. The summed E-state index contributed by atoms with van der Waals surface area (Å²) in [6.45, 7) is 3.22. The van der Waals surface area contributed by atoms with Crippen LogP contribution in [-0.2, 0) is 6.54 Å². The van der Waals surface area contributed by atoms with Gasteiger partial charge in [0, 0.05) is 18.5 Å². The molecule has 162 valence electrons. The van der Waals surface area contributed by atoms with Crippen LogP contribution in [0.5, 0.6) is 5.88 Å². The first-order valence-corrected chi connectivity index (χ1v) is 10.7. The zero-order chi connectivity index (χ0) is 22.1. The lowest BCUT2D eigenvalue weighted by Gasteiger charge is -2.16. The Kier molecular flexibility index (Phi) is 5.21. The molecule has 4 aromatic rings. The van der Waals surface area contributed by atoms with Crippen LogP contribution in [0.3, 0.4) is 0 Å². The number of quaternary nitrogens is 1. The molecular formula is C23H24N7O2+. The molecule has 5 N–H and O–H groups in total. The lowest BCUT2D eigenvalue weighted by molar-refractivity contribution is -0.383. The molecule has 1 aliphatic carbocycles. The molecule has 1 fully saturated rings. The molecule has 0 bridgehead atoms. The average molecular weight is 430 g/mol. The minimum Gasteiger partial charge on any atom is -0.463 e. The van der Waals surface area contributed by atoms with E-state index in [9.17, 15) is 0 Å². The van der Waals surface area contributed by atoms with Gasteiger partial charge < -0.3 is 20.8 Å². The molecule has 0 spiro atoms. The third-order valence-electron chi connectivity index (χ3n) is 5.42. The number of aromatic nitrogens is 5. The number of nitrogen functional groups attached to an aromatic ring is 1. The third kappa shape index (κ3) is 3.76. The van der Waals surface area contributed by atoms with E-state index in [2.05, 4.69) is 27.9 Å². The SMILES string of the molecule is CCn1c(-c2nonc2N)nc2c(C#CC3CC3)nc(O[C@H](C[NH3+])c3ccccc3)cc21. The predicted octanol–water partition coefficient (Wildman–Crippen LogP) is 2.21. The molecular weight excluding hydrogens is 406 g/mol. The quantitative estimate of drug-likeness (QED) is 0.448. The number of benzene rings is 1. The van der Waals surface area contributed by atoms with Crippen molar-refractivity contribution in [3.8, 4) is 29.2 Å². The molecule has 0 amide bonds. The molecule has 0 radical (unpaired) electrons. The number of hydrogen-bond donors (Lipinski definition) is 2. The predicted molar refractivity (Wildman–Crippen MR) is 118 cm³/mol. The number of ether oxygens (including phenoxy) is 1. The van der Waals surface area contributed by atoms with Crippen molar-refractivity contribution in [2.45, 2.75) is 32.4 Å². The zero-order valence-corrected chi connectivity index (χ0v) is 17.8. The van der Waals surface area contributed by atoms with Gasteiger partial charge in [0.1, 0.15) is 17.8 Å². The van der Waals surface area contributed by atoms with E-state index < -0.39 is 0 Å². The van der Waals surface area contributed by atoms with Crippen molar-refractivity contribution in [3.05, 3.63) is 47.7 Å². The normalized spacial score (nSPS) is 14.2. The van der Waals surface area contributed by atoms with Crippen LogP contribution >= 0.6 is 0 Å². The Balaban J connectivity index is 1.64. The van der Waals surface area contributed by atoms with E-state index in [1.54, 1.807) is 0 Å². The molecule has 32 heavy (non-hydrogen) atoms. The second-order valence-corrected chi connectivity index (χ2v) is 7.70. The Morgan fingerprint density at radius 3 is 2.72 bits per heavy atom. The Morgan fingerprint density at radius 2 is 2.06 bits per heavy atom. The smallest absolute Gasteiger partial charge is 0.217 e. The molecule has 5 rings (SSSR count). The Labute approximate surface area is 184 Å². The van der Waals surface area contributed by atoms with Crippen LogP contribution in [0.2, 0.25) is 0 Å². The number of imidazole rings is 1. The molecule has 1 aliphatic rings. The number of hydrogen-bond acceptors (Lipinski definition) is 7. The number of rotatable bonds is 6. The Morgan fingerprint density at radius 1 is 1.25 bits per heavy atom. The number of nitrogens with zero attached hydrogens (tertiary/aromatic N) is 5. The summed E-state index contributed by atoms with van der Waals surface area (Å²) in [5.41, 5.74) is 13.5. The lowest BCUT2D eigenvalue weighted by Crippen LogP contribution is -2.54. The summed E-state index contributed by atoms with van der Waals surface area (Å²) in [7, 11) is 0. The molecule has 3 aromatic heterocycles. The molecule has 1 saturated carbocycles. The highest BCUT2D eigenvalue weighted by Crippen LogP contribution is 2.32. The van der Waals surface area contributed by atoms with E-state index in [4.69, 9.17) is 25.1 Å². The van der Waals surface area contributed by atoms with Crippen molar-refractivity contribution < 1.29 is 15.1 Å². The van der Waals surface area contributed by atoms with Crippen LogP contribution in [-0.4, -0.2) is 31.4 Å². The van der Waals surface area contributed by atoms with Gasteiger partial charge in [0.05, 0.1) is 5.52 Å². The Bertz CT molecular complexity index is 1310. The van der Waals surface area contributed by atoms with Crippen molar-refractivity contribution in [2.24, 2.45) is 5.92 Å². The minimum atomic E-state index is -0.224. The Hall–Kier alpha value is -3.90. The van der Waals surface area contributed by atoms with Gasteiger partial charge >= 0.3 is 0 Å². The molecule has 1 aromatic carbocycles. The zero-order valence-electron chi connectivity index (χ0n) is 17.8. The van der Waals surface area contributed by atoms with Crippen molar-refractivity contribution in [3.63, 3.8) is 0 Å². The van der Waals surface area contributed by atoms with Gasteiger partial charge in [-0.15, -0.1) is 0 Å². The van der Waals surface area contributed by atoms with E-state index in [1.807, 2.05) is 47.9 Å². The fourth-order valence-corrected chi connectivity index (χ4v) is 3.60. The summed E-state index contributed by atoms with van der Waals surface area (Å²) in [5.74, 6) is 8.16. The van der Waals surface area contributed by atoms with E-state index in [1.165, 1.54) is 0 Å². The van der Waals surface area contributed by atoms with E-state index in [-0.39, 0.29) is 11.9 Å². The van der Waals surface area contributed by atoms with Gasteiger partial charge in [0.15, 0.2) is 23.4 Å². The van der Waals surface area contributed by atoms with Crippen molar-refractivity contribution in [1.29, 1.82) is 0 Å². The topological polar surface area (TPSA) is 133 Å². The van der Waals surface area contributed by atoms with Crippen LogP contribution in [0, 0.1) is 17.8 Å². The summed E-state index contributed by atoms with van der Waals surface area (Å²) in [6, 6.07) is 11.9. The molecule has 0 unspecified atom stereocenters. The number of anilines is 1. The van der Waals surface area contributed by atoms with E-state index in [0.717, 1.165) is 23.9 Å². The van der Waals surface area contributed by atoms with Crippen LogP contribution in [0.4, 0.5) is 5.82 Å². The molecule has 0 aliphatic heterocycles. The molecule has 1 atom stereocenters. The van der Waals surface area contributed by atoms with Gasteiger partial charge in [-0.2, -0.15) is 0 Å². The van der Waals surface area contributed by atoms with Gasteiger partial charge in [-0.1, -0.05) is 36.3 Å². The highest BCUT2D eigenvalue weighted by Gasteiger charge is 2.23. The fraction of sp³-hybridized carbons (Fsp3) is 0.304. The van der Waals surface area contributed by atoms with E-state index in [0.29, 0.717) is 47.6 Å². The van der Waals surface area contributed by atoms with Crippen LogP contribution in [0.25, 0.3) is 22.6 Å². The second kappa shape index (κ2) is 8.32. The van der Waals surface area contributed by atoms with Crippen molar-refractivity contribution in [2.75, 3.05) is 12.3 Å². The summed E-state index contributed by atoms with van der Waals surface area (Å²) in [6.07, 6.45) is 2.03. The van der Waals surface area contributed by atoms with Gasteiger partial charge in [0.25, 0.3) is 0 Å². The standard InChI is InChI=1S/C23H23N7O2/c1-2-30-17-12-19(31-18(13-24)15-6-4-3-5-7-15)26-16(11-10-14-8-9-14)20(17)27-23(30)21-22(25)29-32-28-21/h3-7,12,14,18H,2,8-9,13,24H2,1H3,(H2,25,29)/p+1/t18-/m1/s1. The first-order valence-electron chi connectivity index (χ1n) is 10.7. The number of nitrogens with two attached hydrogens (primary N) is 1. The summed E-state index contributed by atoms with van der Waals surface area (Å²) >= 11 is 0. The van der Waals surface area contributed by atoms with Gasteiger partial charge in [-0.05, 0) is 41.6 Å². The first-order chi connectivity index (χ1) is 15.7. The highest BCUT2D eigenvalue weighted by atomic mass is 16.6. The third-order valence-corrected chi connectivity index (χ3v) is 5.42. The number of pyridine rings is 1. The van der Waals surface area contributed by atoms with Crippen LogP contribution in [0.1, 0.15) is 37.1 Å². The molecule has 9 heteroatoms. The van der Waals surface area contributed by atoms with Crippen molar-refractivity contribution in [1.82, 2.24) is 24.8 Å². The largest absolute Gasteiger partial charge is 0.463 e. The maximum Gasteiger partial charge on any atom is 0.217 e. The molecule has 9 nitrogen and oxygen atoms in total. The second-order valence-electron chi connectivity index (χ2n) is 7.70. The fourth-order valence-electron chi connectivity index (χ4n) is 3.60. The highest BCUT2D eigenvalue weighted by molar-refractivity contribution is 5.86. The minimum absolute atomic E-state index is 0.186. The van der Waals surface area contributed by atoms with Gasteiger partial charge in [0.2, 0.25) is 5.88 Å². The lowest BCUT2D eigenvalue weighted by atomic mass is 10.1. The van der Waals surface area contributed by atoms with Crippen LogP contribution in [0.15, 0.2) is 41.0 Å². The van der Waals surface area contributed by atoms with Crippen LogP contribution < -0.4 is 16.2 Å². The monoisotopic (exact) mass is 430 g/mol. The maximum absolute atomic E-state index is 6.29. The number of aryl methyl sites for hydroxylation is 1. The molecule has 0 saturated heterocycles. The summed E-state index contributed by atoms with van der Waals surface area (Å²) in [4.78, 5) is 9.49. The maximum atomic E-state index is 6.29. The van der Waals surface area contributed by atoms with Gasteiger partial charge in [-0.25, -0.2) is 14.6 Å². The molecule has 3 heterocycles. The average Bonchev–Trinajstić information content (AvgIpc) is 3.44. The van der Waals surface area contributed by atoms with Gasteiger partial charge in [-0.3, -0.25) is 0 Å². The summed E-state index contributed by atoms with van der Waals surface area (Å²) < 4.78 is 13.1. The first kappa shape index (κ1) is 20.0. The van der Waals surface area contributed by atoms with Crippen molar-refractivity contribution >= 4 is 16.9 Å².